The fourth-order valence-corrected chi connectivity index (χ4v) is 4.91. The maximum absolute atomic E-state index is 13.5. The van der Waals surface area contributed by atoms with E-state index in [2.05, 4.69) is 16.8 Å². The van der Waals surface area contributed by atoms with Gasteiger partial charge >= 0.3 is 6.18 Å². The second-order valence-corrected chi connectivity index (χ2v) is 9.80. The Morgan fingerprint density at radius 3 is 2.39 bits per heavy atom. The number of rotatable bonds is 7. The van der Waals surface area contributed by atoms with Gasteiger partial charge in [-0.15, -0.1) is 0 Å². The number of methoxy groups -OCH3 is 1. The number of hydrogen-bond acceptors (Lipinski definition) is 8. The predicted molar refractivity (Wildman–Crippen MR) is 136 cm³/mol. The normalized spacial score (nSPS) is 18.2. The molecule has 0 atom stereocenters. The van der Waals surface area contributed by atoms with Crippen molar-refractivity contribution < 1.29 is 32.2 Å². The third kappa shape index (κ3) is 6.30. The zero-order valence-corrected chi connectivity index (χ0v) is 21.6. The summed E-state index contributed by atoms with van der Waals surface area (Å²) in [5, 5.41) is 8.61. The van der Waals surface area contributed by atoms with Gasteiger partial charge < -0.3 is 14.4 Å². The van der Waals surface area contributed by atoms with Crippen molar-refractivity contribution in [2.45, 2.75) is 6.18 Å². The first-order valence-electron chi connectivity index (χ1n) is 11.7. The van der Waals surface area contributed by atoms with Crippen LogP contribution in [0.3, 0.4) is 0 Å². The summed E-state index contributed by atoms with van der Waals surface area (Å²) in [4.78, 5) is 31.3. The van der Waals surface area contributed by atoms with E-state index in [1.807, 2.05) is 0 Å². The molecule has 0 bridgehead atoms. The smallest absolute Gasteiger partial charge is 0.420 e. The molecule has 2 heterocycles. The SMILES string of the molecule is COc1cc(/C=C2\SC(=O)N(CCN3CCN(C)CC3)C2=O)ccc1Oc1ccc(C#N)cc1C(F)(F)F. The molecule has 0 saturated carbocycles. The van der Waals surface area contributed by atoms with E-state index >= 15 is 0 Å². The molecule has 2 saturated heterocycles. The molecular weight excluding hydrogens is 521 g/mol. The van der Waals surface area contributed by atoms with Crippen LogP contribution in [0.4, 0.5) is 18.0 Å². The molecule has 38 heavy (non-hydrogen) atoms. The van der Waals surface area contributed by atoms with E-state index in [1.54, 1.807) is 12.1 Å². The van der Waals surface area contributed by atoms with Crippen LogP contribution in [0.15, 0.2) is 41.3 Å². The van der Waals surface area contributed by atoms with Gasteiger partial charge in [0, 0.05) is 39.3 Å². The molecular formula is C26H25F3N4O4S. The highest BCUT2D eigenvalue weighted by molar-refractivity contribution is 8.18. The maximum atomic E-state index is 13.5. The van der Waals surface area contributed by atoms with E-state index in [-0.39, 0.29) is 33.1 Å². The quantitative estimate of drug-likeness (QED) is 0.464. The van der Waals surface area contributed by atoms with Crippen molar-refractivity contribution in [2.24, 2.45) is 0 Å². The third-order valence-electron chi connectivity index (χ3n) is 6.23. The zero-order chi connectivity index (χ0) is 27.4. The first-order chi connectivity index (χ1) is 18.1. The van der Waals surface area contributed by atoms with Crippen molar-refractivity contribution in [2.75, 3.05) is 53.4 Å². The first-order valence-corrected chi connectivity index (χ1v) is 12.5. The zero-order valence-electron chi connectivity index (χ0n) is 20.7. The molecule has 0 N–H and O–H groups in total. The van der Waals surface area contributed by atoms with Gasteiger partial charge in [0.05, 0.1) is 29.2 Å². The minimum Gasteiger partial charge on any atom is -0.493 e. The molecule has 2 fully saturated rings. The van der Waals surface area contributed by atoms with Gasteiger partial charge in [-0.3, -0.25) is 19.4 Å². The van der Waals surface area contributed by atoms with E-state index in [9.17, 15) is 22.8 Å². The second-order valence-electron chi connectivity index (χ2n) is 8.81. The van der Waals surface area contributed by atoms with Crippen LogP contribution < -0.4 is 9.47 Å². The molecule has 2 aromatic carbocycles. The molecule has 12 heteroatoms. The van der Waals surface area contributed by atoms with E-state index in [0.29, 0.717) is 18.7 Å². The van der Waals surface area contributed by atoms with Gasteiger partial charge in [0.2, 0.25) is 0 Å². The Morgan fingerprint density at radius 1 is 1.03 bits per heavy atom. The monoisotopic (exact) mass is 546 g/mol. The van der Waals surface area contributed by atoms with Gasteiger partial charge in [-0.2, -0.15) is 18.4 Å². The van der Waals surface area contributed by atoms with Gasteiger partial charge in [-0.1, -0.05) is 6.07 Å². The molecule has 4 rings (SSSR count). The lowest BCUT2D eigenvalue weighted by atomic mass is 10.1. The highest BCUT2D eigenvalue weighted by Gasteiger charge is 2.36. The molecule has 0 aliphatic carbocycles. The summed E-state index contributed by atoms with van der Waals surface area (Å²) in [5.74, 6) is -0.726. The number of thioether (sulfide) groups is 1. The summed E-state index contributed by atoms with van der Waals surface area (Å²) in [5.41, 5.74) is -0.730. The summed E-state index contributed by atoms with van der Waals surface area (Å²) in [7, 11) is 3.39. The summed E-state index contributed by atoms with van der Waals surface area (Å²) in [6.45, 7) is 4.54. The van der Waals surface area contributed by atoms with Crippen LogP contribution in [-0.2, 0) is 11.0 Å². The van der Waals surface area contributed by atoms with Gasteiger partial charge in [0.25, 0.3) is 11.1 Å². The second kappa shape index (κ2) is 11.5. The van der Waals surface area contributed by atoms with Crippen molar-refractivity contribution in [3.63, 3.8) is 0 Å². The molecule has 8 nitrogen and oxygen atoms in total. The molecule has 2 amide bonds. The number of carbonyl (C=O) groups is 2. The summed E-state index contributed by atoms with van der Waals surface area (Å²) in [6, 6.07) is 9.18. The number of ether oxygens (including phenoxy) is 2. The molecule has 200 valence electrons. The molecule has 0 unspecified atom stereocenters. The first kappa shape index (κ1) is 27.5. The number of benzene rings is 2. The summed E-state index contributed by atoms with van der Waals surface area (Å²) >= 11 is 0.840. The number of likely N-dealkylation sites (N-methyl/N-ethyl adjacent to an activating group) is 1. The van der Waals surface area contributed by atoms with Crippen molar-refractivity contribution in [1.29, 1.82) is 5.26 Å². The van der Waals surface area contributed by atoms with Crippen LogP contribution in [0.2, 0.25) is 0 Å². The minimum absolute atomic E-state index is 0.0140. The van der Waals surface area contributed by atoms with Gasteiger partial charge in [-0.25, -0.2) is 0 Å². The number of imide groups is 1. The van der Waals surface area contributed by atoms with Crippen LogP contribution in [0.25, 0.3) is 6.08 Å². The Morgan fingerprint density at radius 2 is 1.74 bits per heavy atom. The molecule has 2 aliphatic heterocycles. The average molecular weight is 547 g/mol. The van der Waals surface area contributed by atoms with E-state index in [4.69, 9.17) is 14.7 Å². The topological polar surface area (TPSA) is 86.1 Å². The van der Waals surface area contributed by atoms with E-state index < -0.39 is 17.5 Å². The van der Waals surface area contributed by atoms with Crippen molar-refractivity contribution in [1.82, 2.24) is 14.7 Å². The molecule has 0 radical (unpaired) electrons. The van der Waals surface area contributed by atoms with Crippen molar-refractivity contribution in [3.8, 4) is 23.3 Å². The van der Waals surface area contributed by atoms with Crippen molar-refractivity contribution in [3.05, 3.63) is 58.0 Å². The van der Waals surface area contributed by atoms with Gasteiger partial charge in [0.1, 0.15) is 5.75 Å². The number of nitrogens with zero attached hydrogens (tertiary/aromatic N) is 4. The average Bonchev–Trinajstić information content (AvgIpc) is 3.15. The number of alkyl halides is 3. The van der Waals surface area contributed by atoms with Crippen LogP contribution >= 0.6 is 11.8 Å². The van der Waals surface area contributed by atoms with Crippen LogP contribution in [0, 0.1) is 11.3 Å². The van der Waals surface area contributed by atoms with Gasteiger partial charge in [0.15, 0.2) is 11.5 Å². The summed E-state index contributed by atoms with van der Waals surface area (Å²) < 4.78 is 51.4. The standard InChI is InChI=1S/C26H25F3N4O4S/c1-31-7-9-32(10-8-31)11-12-33-24(34)23(38-25(33)35)15-17-3-6-21(22(14-17)36-2)37-20-5-4-18(16-30)13-19(20)26(27,28)29/h3-6,13-15H,7-12H2,1-2H3/b23-15-. The fourth-order valence-electron chi connectivity index (χ4n) is 4.04. The number of halogens is 3. The maximum Gasteiger partial charge on any atom is 0.420 e. The van der Waals surface area contributed by atoms with Crippen molar-refractivity contribution >= 4 is 29.0 Å². The van der Waals surface area contributed by atoms with Crippen LogP contribution in [0.1, 0.15) is 16.7 Å². The number of nitriles is 1. The Hall–Kier alpha value is -3.53. The predicted octanol–water partition coefficient (Wildman–Crippen LogP) is 4.66. The number of carbonyl (C=O) groups excluding carboxylic acids is 2. The Balaban J connectivity index is 1.49. The number of amides is 2. The number of hydrogen-bond donors (Lipinski definition) is 0. The molecule has 0 aromatic heterocycles. The summed E-state index contributed by atoms with van der Waals surface area (Å²) in [6.07, 6.45) is -3.20. The lowest BCUT2D eigenvalue weighted by Crippen LogP contribution is -2.47. The Kier molecular flexibility index (Phi) is 8.30. The Bertz CT molecular complexity index is 1300. The molecule has 2 aliphatic rings. The highest BCUT2D eigenvalue weighted by Crippen LogP contribution is 2.41. The minimum atomic E-state index is -4.73. The number of piperazine rings is 1. The third-order valence-corrected chi connectivity index (χ3v) is 7.14. The van der Waals surface area contributed by atoms with Gasteiger partial charge in [-0.05, 0) is 60.8 Å². The highest BCUT2D eigenvalue weighted by atomic mass is 32.2. The van der Waals surface area contributed by atoms with E-state index in [1.165, 1.54) is 36.3 Å². The Labute approximate surface area is 222 Å². The fraction of sp³-hybridized carbons (Fsp3) is 0.346. The largest absolute Gasteiger partial charge is 0.493 e. The molecule has 2 aromatic rings. The van der Waals surface area contributed by atoms with Crippen LogP contribution in [0.5, 0.6) is 17.2 Å². The molecule has 0 spiro atoms. The van der Waals surface area contributed by atoms with E-state index in [0.717, 1.165) is 50.1 Å². The van der Waals surface area contributed by atoms with Crippen LogP contribution in [-0.4, -0.2) is 79.3 Å². The lowest BCUT2D eigenvalue weighted by Gasteiger charge is -2.32. The lowest BCUT2D eigenvalue weighted by molar-refractivity contribution is -0.138.